The van der Waals surface area contributed by atoms with Gasteiger partial charge in [0.1, 0.15) is 0 Å². The zero-order chi connectivity index (χ0) is 18.0. The molecule has 0 N–H and O–H groups in total. The molecule has 1 aliphatic rings. The Bertz CT molecular complexity index is 746. The number of benzene rings is 1. The highest BCUT2D eigenvalue weighted by Gasteiger charge is 2.29. The Morgan fingerprint density at radius 1 is 0.958 bits per heavy atom. The van der Waals surface area contributed by atoms with E-state index in [4.69, 9.17) is 0 Å². The minimum atomic E-state index is -3.57. The molecule has 0 aliphatic carbocycles. The van der Waals surface area contributed by atoms with Gasteiger partial charge in [-0.25, -0.2) is 16.8 Å². The third-order valence-electron chi connectivity index (χ3n) is 4.55. The lowest BCUT2D eigenvalue weighted by atomic mass is 10.0. The van der Waals surface area contributed by atoms with E-state index in [-0.39, 0.29) is 9.79 Å². The van der Waals surface area contributed by atoms with Crippen LogP contribution in [0.25, 0.3) is 0 Å². The van der Waals surface area contributed by atoms with Gasteiger partial charge in [-0.1, -0.05) is 20.8 Å². The van der Waals surface area contributed by atoms with Crippen LogP contribution in [0.3, 0.4) is 0 Å². The van der Waals surface area contributed by atoms with E-state index in [0.717, 1.165) is 12.8 Å². The van der Waals surface area contributed by atoms with E-state index in [1.807, 2.05) is 0 Å². The van der Waals surface area contributed by atoms with E-state index in [2.05, 4.69) is 6.92 Å². The summed E-state index contributed by atoms with van der Waals surface area (Å²) >= 11 is 0. The molecule has 0 aromatic heterocycles. The first-order chi connectivity index (χ1) is 11.2. The Balaban J connectivity index is 2.26. The third kappa shape index (κ3) is 3.82. The molecule has 2 rings (SSSR count). The van der Waals surface area contributed by atoms with Crippen molar-refractivity contribution in [1.29, 1.82) is 0 Å². The molecule has 1 heterocycles. The summed E-state index contributed by atoms with van der Waals surface area (Å²) in [6, 6.07) is 5.55. The lowest BCUT2D eigenvalue weighted by molar-refractivity contribution is 0.288. The maximum atomic E-state index is 12.7. The molecule has 0 spiro atoms. The normalized spacial score (nSPS) is 18.2. The molecule has 0 unspecified atom stereocenters. The van der Waals surface area contributed by atoms with Crippen LogP contribution in [0.4, 0.5) is 0 Å². The van der Waals surface area contributed by atoms with Gasteiger partial charge in [-0.05, 0) is 43.0 Å². The van der Waals surface area contributed by atoms with E-state index >= 15 is 0 Å². The third-order valence-corrected chi connectivity index (χ3v) is 8.52. The summed E-state index contributed by atoms with van der Waals surface area (Å²) in [5, 5.41) is 0. The molecule has 0 bridgehead atoms. The van der Waals surface area contributed by atoms with Crippen LogP contribution in [0.15, 0.2) is 34.1 Å². The van der Waals surface area contributed by atoms with Gasteiger partial charge in [0, 0.05) is 26.2 Å². The molecule has 1 fully saturated rings. The van der Waals surface area contributed by atoms with Crippen LogP contribution in [0.1, 0.15) is 33.6 Å². The Kier molecular flexibility index (Phi) is 6.06. The lowest BCUT2D eigenvalue weighted by Crippen LogP contribution is -2.37. The Labute approximate surface area is 145 Å². The Morgan fingerprint density at radius 2 is 1.42 bits per heavy atom. The lowest BCUT2D eigenvalue weighted by Gasteiger charge is -2.29. The smallest absolute Gasteiger partial charge is 0.207 e. The summed E-state index contributed by atoms with van der Waals surface area (Å²) in [6.45, 7) is 7.47. The zero-order valence-electron chi connectivity index (χ0n) is 14.5. The molecule has 0 atom stereocenters. The number of nitrogens with zero attached hydrogens (tertiary/aromatic N) is 2. The van der Waals surface area contributed by atoms with Crippen molar-refractivity contribution in [3.05, 3.63) is 24.3 Å². The standard InChI is InChI=1S/C16H26N2O4S2/c1-4-17(5-2)23(19,20)15-6-8-16(9-7-15)24(21,22)18-12-10-14(3)11-13-18/h6-9,14H,4-5,10-13H2,1-3H3. The van der Waals surface area contributed by atoms with Gasteiger partial charge in [0.15, 0.2) is 0 Å². The summed E-state index contributed by atoms with van der Waals surface area (Å²) in [4.78, 5) is 0.271. The SMILES string of the molecule is CCN(CC)S(=O)(=O)c1ccc(S(=O)(=O)N2CCC(C)CC2)cc1. The molecule has 24 heavy (non-hydrogen) atoms. The monoisotopic (exact) mass is 374 g/mol. The first kappa shape index (κ1) is 19.4. The zero-order valence-corrected chi connectivity index (χ0v) is 16.1. The maximum Gasteiger partial charge on any atom is 0.243 e. The highest BCUT2D eigenvalue weighted by atomic mass is 32.2. The highest BCUT2D eigenvalue weighted by molar-refractivity contribution is 7.89. The molecule has 0 amide bonds. The van der Waals surface area contributed by atoms with E-state index < -0.39 is 20.0 Å². The van der Waals surface area contributed by atoms with E-state index in [0.29, 0.717) is 32.1 Å². The van der Waals surface area contributed by atoms with Gasteiger partial charge in [-0.2, -0.15) is 8.61 Å². The van der Waals surface area contributed by atoms with Crippen molar-refractivity contribution in [1.82, 2.24) is 8.61 Å². The molecule has 1 aromatic carbocycles. The number of hydrogen-bond acceptors (Lipinski definition) is 4. The number of hydrogen-bond donors (Lipinski definition) is 0. The van der Waals surface area contributed by atoms with Gasteiger partial charge >= 0.3 is 0 Å². The van der Waals surface area contributed by atoms with Crippen LogP contribution in [0, 0.1) is 5.92 Å². The van der Waals surface area contributed by atoms with Crippen LogP contribution >= 0.6 is 0 Å². The first-order valence-electron chi connectivity index (χ1n) is 8.33. The van der Waals surface area contributed by atoms with Crippen molar-refractivity contribution in [2.75, 3.05) is 26.2 Å². The number of rotatable bonds is 6. The van der Waals surface area contributed by atoms with Crippen molar-refractivity contribution < 1.29 is 16.8 Å². The van der Waals surface area contributed by atoms with Gasteiger partial charge in [-0.15, -0.1) is 0 Å². The average molecular weight is 375 g/mol. The fraction of sp³-hybridized carbons (Fsp3) is 0.625. The average Bonchev–Trinajstić information content (AvgIpc) is 2.56. The van der Waals surface area contributed by atoms with Crippen molar-refractivity contribution >= 4 is 20.0 Å². The van der Waals surface area contributed by atoms with Crippen LogP contribution in [0.2, 0.25) is 0 Å². The molecule has 0 saturated carbocycles. The van der Waals surface area contributed by atoms with E-state index in [9.17, 15) is 16.8 Å². The minimum absolute atomic E-state index is 0.123. The summed E-state index contributed by atoms with van der Waals surface area (Å²) < 4.78 is 53.1. The van der Waals surface area contributed by atoms with Gasteiger partial charge in [0.05, 0.1) is 9.79 Å². The molecule has 1 aromatic rings. The van der Waals surface area contributed by atoms with Gasteiger partial charge < -0.3 is 0 Å². The van der Waals surface area contributed by atoms with Crippen LogP contribution in [-0.2, 0) is 20.0 Å². The highest BCUT2D eigenvalue weighted by Crippen LogP contribution is 2.25. The van der Waals surface area contributed by atoms with Gasteiger partial charge in [-0.3, -0.25) is 0 Å². The maximum absolute atomic E-state index is 12.7. The van der Waals surface area contributed by atoms with Crippen LogP contribution in [-0.4, -0.2) is 51.6 Å². The molecular weight excluding hydrogens is 348 g/mol. The van der Waals surface area contributed by atoms with E-state index in [1.165, 1.54) is 32.9 Å². The molecular formula is C16H26N2O4S2. The van der Waals surface area contributed by atoms with Crippen LogP contribution in [0.5, 0.6) is 0 Å². The van der Waals surface area contributed by atoms with Crippen molar-refractivity contribution in [2.24, 2.45) is 5.92 Å². The molecule has 0 radical (unpaired) electrons. The predicted octanol–water partition coefficient (Wildman–Crippen LogP) is 2.14. The molecule has 8 heteroatoms. The number of piperidine rings is 1. The molecule has 1 aliphatic heterocycles. The largest absolute Gasteiger partial charge is 0.243 e. The van der Waals surface area contributed by atoms with Crippen molar-refractivity contribution in [2.45, 2.75) is 43.4 Å². The second-order valence-corrected chi connectivity index (χ2v) is 10.0. The minimum Gasteiger partial charge on any atom is -0.207 e. The summed E-state index contributed by atoms with van der Waals surface area (Å²) in [7, 11) is -7.12. The quantitative estimate of drug-likeness (QED) is 0.764. The summed E-state index contributed by atoms with van der Waals surface area (Å²) in [6.07, 6.45) is 1.71. The predicted molar refractivity (Wildman–Crippen MR) is 93.7 cm³/mol. The fourth-order valence-electron chi connectivity index (χ4n) is 2.87. The van der Waals surface area contributed by atoms with Crippen molar-refractivity contribution in [3.8, 4) is 0 Å². The molecule has 6 nitrogen and oxygen atoms in total. The summed E-state index contributed by atoms with van der Waals surface area (Å²) in [5.74, 6) is 0.540. The van der Waals surface area contributed by atoms with Crippen molar-refractivity contribution in [3.63, 3.8) is 0 Å². The summed E-state index contributed by atoms with van der Waals surface area (Å²) in [5.41, 5.74) is 0. The number of sulfonamides is 2. The second kappa shape index (κ2) is 7.51. The fourth-order valence-corrected chi connectivity index (χ4v) is 5.80. The first-order valence-corrected chi connectivity index (χ1v) is 11.2. The molecule has 1 saturated heterocycles. The topological polar surface area (TPSA) is 74.8 Å². The molecule has 136 valence electrons. The second-order valence-electron chi connectivity index (χ2n) is 6.15. The van der Waals surface area contributed by atoms with E-state index in [1.54, 1.807) is 13.8 Å². The van der Waals surface area contributed by atoms with Crippen LogP contribution < -0.4 is 0 Å². The Morgan fingerprint density at radius 3 is 1.88 bits per heavy atom. The Hall–Kier alpha value is -0.960. The van der Waals surface area contributed by atoms with Gasteiger partial charge in [0.25, 0.3) is 0 Å². The van der Waals surface area contributed by atoms with Gasteiger partial charge in [0.2, 0.25) is 20.0 Å².